The van der Waals surface area contributed by atoms with Gasteiger partial charge < -0.3 is 31.7 Å². The van der Waals surface area contributed by atoms with Crippen LogP contribution in [0.3, 0.4) is 0 Å². The van der Waals surface area contributed by atoms with Gasteiger partial charge >= 0.3 is 51.4 Å². The van der Waals surface area contributed by atoms with E-state index in [1.165, 1.54) is 0 Å². The van der Waals surface area contributed by atoms with E-state index in [4.69, 9.17) is 19.2 Å². The molecular formula is ClKO4P-3. The molecule has 0 aliphatic carbocycles. The topological polar surface area (TPSA) is 86.2 Å². The van der Waals surface area contributed by atoms with Crippen LogP contribution < -0.4 is 78.5 Å². The maximum atomic E-state index is 8.55. The molecule has 4 nitrogen and oxygen atoms in total. The fourth-order valence-corrected chi connectivity index (χ4v) is 0. The van der Waals surface area contributed by atoms with Crippen LogP contribution in [0.2, 0.25) is 0 Å². The first-order valence-corrected chi connectivity index (χ1v) is 2.19. The molecule has 0 saturated heterocycles. The van der Waals surface area contributed by atoms with Crippen LogP contribution in [-0.4, -0.2) is 0 Å². The van der Waals surface area contributed by atoms with Crippen LogP contribution in [0.15, 0.2) is 0 Å². The minimum atomic E-state index is -5.39. The Morgan fingerprint density at radius 1 is 1.14 bits per heavy atom. The van der Waals surface area contributed by atoms with Crippen molar-refractivity contribution >= 4 is 7.82 Å². The molecule has 0 aliphatic heterocycles. The summed E-state index contributed by atoms with van der Waals surface area (Å²) in [5, 5.41) is 0. The van der Waals surface area contributed by atoms with Crippen molar-refractivity contribution in [3.05, 3.63) is 0 Å². The van der Waals surface area contributed by atoms with E-state index in [1.54, 1.807) is 0 Å². The fraction of sp³-hybridized carbons (Fsp3) is 0. The molecule has 0 N–H and O–H groups in total. The number of hydrogen-bond acceptors (Lipinski definition) is 4. The van der Waals surface area contributed by atoms with Gasteiger partial charge in [0.25, 0.3) is 0 Å². The number of phosphoric acid groups is 1. The largest absolute Gasteiger partial charge is 1.00 e. The Labute approximate surface area is 89.4 Å². The third-order valence-electron chi connectivity index (χ3n) is 0. The van der Waals surface area contributed by atoms with Crippen molar-refractivity contribution in [2.45, 2.75) is 0 Å². The standard InChI is InChI=1S/ClH.K.H3O4P/c;;1-5(2,3)4/h1H;;(H3,1,2,3,4)/q;+1;/p-4. The van der Waals surface area contributed by atoms with Gasteiger partial charge in [-0.25, -0.2) is 0 Å². The average molecular weight is 170 g/mol. The summed E-state index contributed by atoms with van der Waals surface area (Å²) in [7, 11) is -5.39. The van der Waals surface area contributed by atoms with Gasteiger partial charge in [0.1, 0.15) is 0 Å². The molecule has 0 aliphatic rings. The Morgan fingerprint density at radius 3 is 1.14 bits per heavy atom. The van der Waals surface area contributed by atoms with Gasteiger partial charge in [0.2, 0.25) is 0 Å². The van der Waals surface area contributed by atoms with E-state index in [2.05, 4.69) is 0 Å². The molecular weight excluding hydrogens is 170 g/mol. The molecule has 7 heteroatoms. The number of rotatable bonds is 0. The second-order valence-electron chi connectivity index (χ2n) is 0.447. The third kappa shape index (κ3) is 70.6. The minimum Gasteiger partial charge on any atom is -1.00 e. The van der Waals surface area contributed by atoms with Gasteiger partial charge in [0.05, 0.1) is 0 Å². The van der Waals surface area contributed by atoms with Crippen molar-refractivity contribution in [3.8, 4) is 0 Å². The van der Waals surface area contributed by atoms with E-state index in [-0.39, 0.29) is 63.8 Å². The number of halogens is 1. The van der Waals surface area contributed by atoms with Crippen LogP contribution in [-0.2, 0) is 4.57 Å². The molecule has 7 heavy (non-hydrogen) atoms. The summed E-state index contributed by atoms with van der Waals surface area (Å²) in [6.07, 6.45) is 0. The van der Waals surface area contributed by atoms with Crippen molar-refractivity contribution in [2.24, 2.45) is 0 Å². The molecule has 0 radical (unpaired) electrons. The van der Waals surface area contributed by atoms with E-state index in [0.29, 0.717) is 0 Å². The smallest absolute Gasteiger partial charge is 1.00 e. The molecule has 0 aromatic carbocycles. The molecule has 0 amide bonds. The van der Waals surface area contributed by atoms with Gasteiger partial charge in [-0.3, -0.25) is 0 Å². The van der Waals surface area contributed by atoms with Crippen LogP contribution in [0, 0.1) is 0 Å². The molecule has 0 unspecified atom stereocenters. The summed E-state index contributed by atoms with van der Waals surface area (Å²) < 4.78 is 8.55. The Bertz CT molecular complexity index is 57.8. The molecule has 0 fully saturated rings. The minimum absolute atomic E-state index is 0. The summed E-state index contributed by atoms with van der Waals surface area (Å²) >= 11 is 0. The summed E-state index contributed by atoms with van der Waals surface area (Å²) in [4.78, 5) is 25.6. The Morgan fingerprint density at radius 2 is 1.14 bits per heavy atom. The van der Waals surface area contributed by atoms with Crippen molar-refractivity contribution in [3.63, 3.8) is 0 Å². The van der Waals surface area contributed by atoms with Crippen LogP contribution in [0.25, 0.3) is 0 Å². The van der Waals surface area contributed by atoms with Crippen molar-refractivity contribution in [2.75, 3.05) is 0 Å². The Kier molecular flexibility index (Phi) is 14.1. The molecule has 0 aromatic heterocycles. The third-order valence-corrected chi connectivity index (χ3v) is 0. The van der Waals surface area contributed by atoms with Crippen LogP contribution in [0.5, 0.6) is 0 Å². The molecule has 0 spiro atoms. The van der Waals surface area contributed by atoms with Gasteiger partial charge in [-0.15, -0.1) is 0 Å². The molecule has 0 bridgehead atoms. The summed E-state index contributed by atoms with van der Waals surface area (Å²) in [6, 6.07) is 0. The van der Waals surface area contributed by atoms with Gasteiger partial charge in [0, 0.05) is 0 Å². The first kappa shape index (κ1) is 16.0. The monoisotopic (exact) mass is 169 g/mol. The van der Waals surface area contributed by atoms with Gasteiger partial charge in [0.15, 0.2) is 0 Å². The van der Waals surface area contributed by atoms with E-state index >= 15 is 0 Å². The van der Waals surface area contributed by atoms with Gasteiger partial charge in [-0.05, 0) is 0 Å². The van der Waals surface area contributed by atoms with Crippen molar-refractivity contribution in [1.82, 2.24) is 0 Å². The van der Waals surface area contributed by atoms with E-state index < -0.39 is 7.82 Å². The SMILES string of the molecule is O=P([O-])([O-])[O-].[Cl-].[K+]. The Hall–Kier alpha value is 2.04. The number of hydrogen-bond donors (Lipinski definition) is 0. The van der Waals surface area contributed by atoms with Gasteiger partial charge in [-0.1, -0.05) is 0 Å². The van der Waals surface area contributed by atoms with E-state index in [0.717, 1.165) is 0 Å². The summed E-state index contributed by atoms with van der Waals surface area (Å²) in [5.74, 6) is 0. The molecule has 0 heterocycles. The molecule has 0 saturated carbocycles. The zero-order chi connectivity index (χ0) is 4.50. The molecule has 0 aromatic rings. The fourth-order valence-electron chi connectivity index (χ4n) is 0. The normalized spacial score (nSPS) is 8.43. The zero-order valence-corrected chi connectivity index (χ0v) is 8.23. The van der Waals surface area contributed by atoms with Crippen molar-refractivity contribution in [1.29, 1.82) is 0 Å². The molecule has 0 atom stereocenters. The average Bonchev–Trinajstić information content (AvgIpc) is 0.722. The quantitative estimate of drug-likeness (QED) is 0.266. The zero-order valence-electron chi connectivity index (χ0n) is 3.46. The van der Waals surface area contributed by atoms with Crippen LogP contribution in [0.1, 0.15) is 0 Å². The van der Waals surface area contributed by atoms with E-state index in [9.17, 15) is 0 Å². The van der Waals surface area contributed by atoms with Crippen LogP contribution >= 0.6 is 7.82 Å². The first-order valence-electron chi connectivity index (χ1n) is 0.730. The predicted octanol–water partition coefficient (Wildman–Crippen LogP) is -8.82. The van der Waals surface area contributed by atoms with Crippen molar-refractivity contribution < 1.29 is 83.0 Å². The maximum absolute atomic E-state index is 8.55. The second kappa shape index (κ2) is 6.16. The van der Waals surface area contributed by atoms with Crippen LogP contribution in [0.4, 0.5) is 0 Å². The summed E-state index contributed by atoms with van der Waals surface area (Å²) in [6.45, 7) is 0. The second-order valence-corrected chi connectivity index (χ2v) is 1.34. The molecule has 40 valence electrons. The molecule has 0 rings (SSSR count). The summed E-state index contributed by atoms with van der Waals surface area (Å²) in [5.41, 5.74) is 0. The maximum Gasteiger partial charge on any atom is 1.00 e. The van der Waals surface area contributed by atoms with Gasteiger partial charge in [-0.2, -0.15) is 7.82 Å². The predicted molar refractivity (Wildman–Crippen MR) is 7.61 cm³/mol. The van der Waals surface area contributed by atoms with E-state index in [1.807, 2.05) is 0 Å². The Balaban J connectivity index is -0.0000000800. The first-order chi connectivity index (χ1) is 2.00.